The molecule has 0 bridgehead atoms. The maximum Gasteiger partial charge on any atom is 0.411 e. The zero-order valence-corrected chi connectivity index (χ0v) is 13.8. The number of methoxy groups -OCH3 is 1. The molecule has 0 atom stereocenters. The number of anilines is 1. The molecule has 0 fully saturated rings. The van der Waals surface area contributed by atoms with E-state index in [1.807, 2.05) is 6.92 Å². The highest BCUT2D eigenvalue weighted by molar-refractivity contribution is 5.97. The van der Waals surface area contributed by atoms with Gasteiger partial charge in [0.1, 0.15) is 5.75 Å². The number of nitrogens with one attached hydrogen (secondary N) is 2. The maximum atomic E-state index is 12.2. The van der Waals surface area contributed by atoms with E-state index in [-0.39, 0.29) is 17.2 Å². The van der Waals surface area contributed by atoms with Crippen molar-refractivity contribution in [2.45, 2.75) is 20.4 Å². The lowest BCUT2D eigenvalue weighted by molar-refractivity contribution is 0.0948. The summed E-state index contributed by atoms with van der Waals surface area (Å²) in [6.45, 7) is 3.96. The van der Waals surface area contributed by atoms with Crippen molar-refractivity contribution in [1.82, 2.24) is 5.32 Å². The molecule has 0 aliphatic carbocycles. The summed E-state index contributed by atoms with van der Waals surface area (Å²) in [6, 6.07) is 10.4. The summed E-state index contributed by atoms with van der Waals surface area (Å²) in [5.74, 6) is -0.336. The molecule has 2 rings (SSSR count). The minimum Gasteiger partial charge on any atom is -0.507 e. The monoisotopic (exact) mass is 328 g/mol. The fourth-order valence-electron chi connectivity index (χ4n) is 2.14. The zero-order chi connectivity index (χ0) is 17.7. The van der Waals surface area contributed by atoms with Crippen LogP contribution in [-0.2, 0) is 11.3 Å². The largest absolute Gasteiger partial charge is 0.507 e. The lowest BCUT2D eigenvalue weighted by atomic mass is 10.0. The molecule has 3 N–H and O–H groups in total. The minimum absolute atomic E-state index is 0.00475. The standard InChI is InChI=1S/C18H20N2O4/c1-11-4-9-15(16(21)12(11)2)17(22)19-10-13-5-7-14(8-6-13)20-18(23)24-3/h4-9,21H,10H2,1-3H3,(H,19,22)(H,20,23). The Hall–Kier alpha value is -3.02. The fraction of sp³-hybridized carbons (Fsp3) is 0.222. The van der Waals surface area contributed by atoms with Crippen molar-refractivity contribution in [3.63, 3.8) is 0 Å². The lowest BCUT2D eigenvalue weighted by Crippen LogP contribution is -2.23. The Bertz CT molecular complexity index is 754. The molecular weight excluding hydrogens is 308 g/mol. The number of amides is 2. The summed E-state index contributed by atoms with van der Waals surface area (Å²) in [5.41, 5.74) is 3.34. The number of rotatable bonds is 4. The Labute approximate surface area is 140 Å². The number of aromatic hydroxyl groups is 1. The number of phenols is 1. The van der Waals surface area contributed by atoms with Crippen molar-refractivity contribution in [2.75, 3.05) is 12.4 Å². The van der Waals surface area contributed by atoms with Crippen LogP contribution in [0.2, 0.25) is 0 Å². The summed E-state index contributed by atoms with van der Waals surface area (Å²) in [7, 11) is 1.29. The molecule has 2 aromatic carbocycles. The number of hydrogen-bond acceptors (Lipinski definition) is 4. The number of ether oxygens (including phenoxy) is 1. The average molecular weight is 328 g/mol. The van der Waals surface area contributed by atoms with E-state index in [0.717, 1.165) is 11.1 Å². The molecule has 0 spiro atoms. The van der Waals surface area contributed by atoms with E-state index in [1.54, 1.807) is 43.3 Å². The van der Waals surface area contributed by atoms with Gasteiger partial charge in [-0.05, 0) is 48.7 Å². The van der Waals surface area contributed by atoms with Crippen molar-refractivity contribution in [3.8, 4) is 5.75 Å². The first-order valence-corrected chi connectivity index (χ1v) is 7.43. The summed E-state index contributed by atoms with van der Waals surface area (Å²) >= 11 is 0. The predicted molar refractivity (Wildman–Crippen MR) is 91.2 cm³/mol. The minimum atomic E-state index is -0.540. The van der Waals surface area contributed by atoms with E-state index in [9.17, 15) is 14.7 Å². The third kappa shape index (κ3) is 4.04. The van der Waals surface area contributed by atoms with Crippen molar-refractivity contribution in [1.29, 1.82) is 0 Å². The number of carbonyl (C=O) groups excluding carboxylic acids is 2. The molecule has 2 aromatic rings. The third-order valence-corrected chi connectivity index (χ3v) is 3.79. The van der Waals surface area contributed by atoms with Crippen LogP contribution >= 0.6 is 0 Å². The second-order valence-corrected chi connectivity index (χ2v) is 5.40. The van der Waals surface area contributed by atoms with Gasteiger partial charge in [-0.1, -0.05) is 18.2 Å². The third-order valence-electron chi connectivity index (χ3n) is 3.79. The summed E-state index contributed by atoms with van der Waals surface area (Å²) in [5, 5.41) is 15.4. The van der Waals surface area contributed by atoms with Crippen LogP contribution in [0.4, 0.5) is 10.5 Å². The van der Waals surface area contributed by atoms with Gasteiger partial charge in [-0.2, -0.15) is 0 Å². The highest BCUT2D eigenvalue weighted by atomic mass is 16.5. The van der Waals surface area contributed by atoms with Crippen LogP contribution in [0.1, 0.15) is 27.0 Å². The Balaban J connectivity index is 1.99. The predicted octanol–water partition coefficient (Wildman–Crippen LogP) is 3.12. The number of hydrogen-bond donors (Lipinski definition) is 3. The van der Waals surface area contributed by atoms with Crippen molar-refractivity contribution < 1.29 is 19.4 Å². The average Bonchev–Trinajstić information content (AvgIpc) is 2.58. The second-order valence-electron chi connectivity index (χ2n) is 5.40. The summed E-state index contributed by atoms with van der Waals surface area (Å²) < 4.78 is 4.51. The first kappa shape index (κ1) is 17.3. The zero-order valence-electron chi connectivity index (χ0n) is 13.8. The first-order chi connectivity index (χ1) is 11.4. The maximum absolute atomic E-state index is 12.2. The van der Waals surface area contributed by atoms with Crippen LogP contribution in [0.15, 0.2) is 36.4 Å². The van der Waals surface area contributed by atoms with E-state index >= 15 is 0 Å². The van der Waals surface area contributed by atoms with Gasteiger partial charge in [0, 0.05) is 12.2 Å². The molecule has 0 radical (unpaired) electrons. The Kier molecular flexibility index (Phi) is 5.42. The van der Waals surface area contributed by atoms with Gasteiger partial charge >= 0.3 is 6.09 Å². The Morgan fingerprint density at radius 1 is 1.08 bits per heavy atom. The van der Waals surface area contributed by atoms with Crippen LogP contribution in [0.3, 0.4) is 0 Å². The van der Waals surface area contributed by atoms with Gasteiger partial charge in [0.15, 0.2) is 0 Å². The number of phenolic OH excluding ortho intramolecular Hbond substituents is 1. The van der Waals surface area contributed by atoms with Gasteiger partial charge in [0.2, 0.25) is 0 Å². The highest BCUT2D eigenvalue weighted by Crippen LogP contribution is 2.24. The molecule has 24 heavy (non-hydrogen) atoms. The molecule has 0 saturated heterocycles. The SMILES string of the molecule is COC(=O)Nc1ccc(CNC(=O)c2ccc(C)c(C)c2O)cc1. The quantitative estimate of drug-likeness (QED) is 0.805. The molecule has 6 nitrogen and oxygen atoms in total. The summed E-state index contributed by atoms with van der Waals surface area (Å²) in [6.07, 6.45) is -0.540. The number of carbonyl (C=O) groups is 2. The topological polar surface area (TPSA) is 87.7 Å². The highest BCUT2D eigenvalue weighted by Gasteiger charge is 2.13. The molecule has 2 amide bonds. The van der Waals surface area contributed by atoms with Gasteiger partial charge in [-0.25, -0.2) is 4.79 Å². The van der Waals surface area contributed by atoms with Crippen molar-refractivity contribution in [2.24, 2.45) is 0 Å². The van der Waals surface area contributed by atoms with Crippen LogP contribution < -0.4 is 10.6 Å². The van der Waals surface area contributed by atoms with E-state index in [4.69, 9.17) is 0 Å². The Morgan fingerprint density at radius 3 is 2.38 bits per heavy atom. The van der Waals surface area contributed by atoms with E-state index in [0.29, 0.717) is 17.8 Å². The van der Waals surface area contributed by atoms with Gasteiger partial charge in [0.05, 0.1) is 12.7 Å². The molecule has 0 heterocycles. The van der Waals surface area contributed by atoms with Gasteiger partial charge in [-0.3, -0.25) is 10.1 Å². The van der Waals surface area contributed by atoms with Crippen LogP contribution in [-0.4, -0.2) is 24.2 Å². The number of aryl methyl sites for hydroxylation is 1. The molecule has 0 unspecified atom stereocenters. The Morgan fingerprint density at radius 2 is 1.75 bits per heavy atom. The first-order valence-electron chi connectivity index (χ1n) is 7.43. The van der Waals surface area contributed by atoms with Gasteiger partial charge < -0.3 is 15.2 Å². The van der Waals surface area contributed by atoms with Crippen LogP contribution in [0.25, 0.3) is 0 Å². The van der Waals surface area contributed by atoms with E-state index < -0.39 is 6.09 Å². The second kappa shape index (κ2) is 7.50. The van der Waals surface area contributed by atoms with Gasteiger partial charge in [-0.15, -0.1) is 0 Å². The fourth-order valence-corrected chi connectivity index (χ4v) is 2.14. The molecule has 0 aliphatic heterocycles. The van der Waals surface area contributed by atoms with Crippen LogP contribution in [0, 0.1) is 13.8 Å². The molecular formula is C18H20N2O4. The number of benzene rings is 2. The van der Waals surface area contributed by atoms with Gasteiger partial charge in [0.25, 0.3) is 5.91 Å². The van der Waals surface area contributed by atoms with Crippen LogP contribution in [0.5, 0.6) is 5.75 Å². The van der Waals surface area contributed by atoms with E-state index in [1.165, 1.54) is 7.11 Å². The lowest BCUT2D eigenvalue weighted by Gasteiger charge is -2.11. The van der Waals surface area contributed by atoms with Crippen molar-refractivity contribution in [3.05, 3.63) is 58.7 Å². The molecule has 0 saturated carbocycles. The van der Waals surface area contributed by atoms with Crippen molar-refractivity contribution >= 4 is 17.7 Å². The smallest absolute Gasteiger partial charge is 0.411 e. The normalized spacial score (nSPS) is 10.1. The van der Waals surface area contributed by atoms with E-state index in [2.05, 4.69) is 15.4 Å². The molecule has 6 heteroatoms. The summed E-state index contributed by atoms with van der Waals surface area (Å²) in [4.78, 5) is 23.3. The molecule has 0 aromatic heterocycles. The molecule has 126 valence electrons. The molecule has 0 aliphatic rings.